The molecule has 0 spiro atoms. The Morgan fingerprint density at radius 3 is 2.36 bits per heavy atom. The van der Waals surface area contributed by atoms with Gasteiger partial charge < -0.3 is 5.11 Å². The maximum absolute atomic E-state index is 12.8. The van der Waals surface area contributed by atoms with Gasteiger partial charge in [-0.1, -0.05) is 13.8 Å². The summed E-state index contributed by atoms with van der Waals surface area (Å²) in [6.45, 7) is 4.70. The molecule has 1 amide bonds. The topological polar surface area (TPSA) is 148 Å². The fourth-order valence-corrected chi connectivity index (χ4v) is 8.33. The fraction of sp³-hybridized carbons (Fsp3) is 0.692. The van der Waals surface area contributed by atoms with Crippen molar-refractivity contribution in [3.8, 4) is 0 Å². The molecule has 0 aliphatic heterocycles. The Hall–Kier alpha value is -2.88. The first-order valence-electron chi connectivity index (χ1n) is 13.0. The van der Waals surface area contributed by atoms with Crippen LogP contribution in [0.5, 0.6) is 0 Å². The molecule has 194 valence electrons. The summed E-state index contributed by atoms with van der Waals surface area (Å²) in [5.74, 6) is 1.67. The summed E-state index contributed by atoms with van der Waals surface area (Å²) in [7, 11) is 0. The normalized spacial score (nSPS) is 38.5. The number of carbonyl (C=O) groups excluding carboxylic acids is 1. The second kappa shape index (κ2) is 8.90. The number of nitro groups is 2. The van der Waals surface area contributed by atoms with E-state index in [1.807, 2.05) is 0 Å². The third-order valence-corrected chi connectivity index (χ3v) is 10.3. The number of nitrogens with one attached hydrogen (secondary N) is 1. The van der Waals surface area contributed by atoms with E-state index >= 15 is 0 Å². The molecule has 1 aromatic carbocycles. The molecule has 1 aromatic rings. The van der Waals surface area contributed by atoms with Gasteiger partial charge in [0.25, 0.3) is 17.3 Å². The SMILES string of the molecule is C[C@@]12CC[C@@H](O)C[C@@H]1CC[C@@H]1[C@H]3CC/C(=N/NC(=O)c4cc([N+](=O)[O-])cc([N+](=O)[O-])c4)[C@]3(C)CC[C@@H]12. The first kappa shape index (κ1) is 24.8. The van der Waals surface area contributed by atoms with Crippen molar-refractivity contribution >= 4 is 23.0 Å². The summed E-state index contributed by atoms with van der Waals surface area (Å²) in [5.41, 5.74) is 2.49. The molecular formula is C26H34N4O6. The van der Waals surface area contributed by atoms with Gasteiger partial charge in [0.05, 0.1) is 27.6 Å². The van der Waals surface area contributed by atoms with E-state index < -0.39 is 27.1 Å². The maximum Gasteiger partial charge on any atom is 0.277 e. The number of aliphatic hydroxyl groups excluding tert-OH is 1. The summed E-state index contributed by atoms with van der Waals surface area (Å²) < 4.78 is 0. The average Bonchev–Trinajstić information content (AvgIpc) is 3.18. The molecule has 10 nitrogen and oxygen atoms in total. The fourth-order valence-electron chi connectivity index (χ4n) is 8.33. The van der Waals surface area contributed by atoms with Gasteiger partial charge in [-0.3, -0.25) is 25.0 Å². The third kappa shape index (κ3) is 3.99. The van der Waals surface area contributed by atoms with E-state index in [0.717, 1.165) is 75.3 Å². The van der Waals surface area contributed by atoms with Crippen LogP contribution in [0.25, 0.3) is 0 Å². The van der Waals surface area contributed by atoms with E-state index in [9.17, 15) is 30.1 Å². The van der Waals surface area contributed by atoms with Gasteiger partial charge in [-0.2, -0.15) is 5.10 Å². The van der Waals surface area contributed by atoms with Gasteiger partial charge in [0.1, 0.15) is 0 Å². The number of nitrogens with zero attached hydrogens (tertiary/aromatic N) is 3. The number of non-ortho nitro benzene ring substituents is 2. The number of fused-ring (bicyclic) bond motifs is 5. The molecule has 0 saturated heterocycles. The van der Waals surface area contributed by atoms with Crippen LogP contribution in [0, 0.1) is 54.7 Å². The van der Waals surface area contributed by atoms with E-state index in [1.54, 1.807) is 0 Å². The number of aliphatic hydroxyl groups is 1. The summed E-state index contributed by atoms with van der Waals surface area (Å²) in [6, 6.07) is 2.91. The van der Waals surface area contributed by atoms with E-state index in [-0.39, 0.29) is 22.5 Å². The lowest BCUT2D eigenvalue weighted by Crippen LogP contribution is -2.54. The first-order chi connectivity index (χ1) is 17.0. The van der Waals surface area contributed by atoms with Crippen molar-refractivity contribution in [3.63, 3.8) is 0 Å². The van der Waals surface area contributed by atoms with Crippen molar-refractivity contribution in [2.45, 2.75) is 77.7 Å². The van der Waals surface area contributed by atoms with Gasteiger partial charge in [0.15, 0.2) is 0 Å². The summed E-state index contributed by atoms with van der Waals surface area (Å²) in [4.78, 5) is 33.6. The predicted octanol–water partition coefficient (Wildman–Crippen LogP) is 4.99. The van der Waals surface area contributed by atoms with Crippen LogP contribution in [0.2, 0.25) is 0 Å². The number of nitro benzene ring substituents is 2. The van der Waals surface area contributed by atoms with Crippen LogP contribution in [0.1, 0.15) is 82.0 Å². The van der Waals surface area contributed by atoms with Crippen molar-refractivity contribution in [2.24, 2.45) is 39.6 Å². The predicted molar refractivity (Wildman–Crippen MR) is 132 cm³/mol. The van der Waals surface area contributed by atoms with Crippen LogP contribution in [-0.4, -0.2) is 32.7 Å². The number of hydrazone groups is 1. The number of benzene rings is 1. The van der Waals surface area contributed by atoms with Gasteiger partial charge in [-0.25, -0.2) is 5.43 Å². The maximum atomic E-state index is 12.8. The minimum Gasteiger partial charge on any atom is -0.393 e. The molecule has 0 heterocycles. The molecule has 0 aromatic heterocycles. The van der Waals surface area contributed by atoms with E-state index in [1.165, 1.54) is 6.42 Å². The lowest BCUT2D eigenvalue weighted by Gasteiger charge is -2.60. The average molecular weight is 499 g/mol. The largest absolute Gasteiger partial charge is 0.393 e. The Balaban J connectivity index is 1.34. The van der Waals surface area contributed by atoms with Crippen LogP contribution < -0.4 is 5.43 Å². The molecule has 4 aliphatic rings. The number of amides is 1. The smallest absolute Gasteiger partial charge is 0.277 e. The number of hydrogen-bond donors (Lipinski definition) is 2. The van der Waals surface area contributed by atoms with Crippen LogP contribution in [0.15, 0.2) is 23.3 Å². The molecule has 5 rings (SSSR count). The zero-order valence-corrected chi connectivity index (χ0v) is 20.8. The lowest BCUT2D eigenvalue weighted by atomic mass is 9.45. The van der Waals surface area contributed by atoms with Gasteiger partial charge >= 0.3 is 0 Å². The summed E-state index contributed by atoms with van der Waals surface area (Å²) >= 11 is 0. The Kier molecular flexibility index (Phi) is 6.13. The van der Waals surface area contributed by atoms with Gasteiger partial charge in [-0.15, -0.1) is 0 Å². The molecule has 0 radical (unpaired) electrons. The highest BCUT2D eigenvalue weighted by Crippen LogP contribution is 2.65. The molecule has 0 bridgehead atoms. The van der Waals surface area contributed by atoms with Crippen molar-refractivity contribution in [3.05, 3.63) is 44.0 Å². The van der Waals surface area contributed by atoms with Crippen LogP contribution in [0.3, 0.4) is 0 Å². The Labute approximate surface area is 209 Å². The zero-order chi connectivity index (χ0) is 25.8. The standard InChI is InChI=1S/C26H34N4O6/c1-25-9-7-19(31)13-16(25)3-4-20-21-5-6-23(26(21,2)10-8-22(20)25)27-28-24(32)15-11-17(29(33)34)14-18(12-15)30(35)36/h11-12,14,16,19-22,31H,3-10,13H2,1-2H3,(H,28,32)/b27-23-/t16-,19+,20+,21+,22-,25+,26+/m0/s1. The summed E-state index contributed by atoms with van der Waals surface area (Å²) in [5, 5.41) is 37.1. The molecule has 7 atom stereocenters. The molecule has 10 heteroatoms. The molecule has 0 unspecified atom stereocenters. The zero-order valence-electron chi connectivity index (χ0n) is 20.8. The second-order valence-electron chi connectivity index (χ2n) is 11.8. The van der Waals surface area contributed by atoms with Crippen LogP contribution >= 0.6 is 0 Å². The molecule has 2 N–H and O–H groups in total. The monoisotopic (exact) mass is 498 g/mol. The van der Waals surface area contributed by atoms with Crippen molar-refractivity contribution in [2.75, 3.05) is 0 Å². The molecule has 36 heavy (non-hydrogen) atoms. The number of carbonyl (C=O) groups is 1. The number of rotatable bonds is 4. The van der Waals surface area contributed by atoms with E-state index in [4.69, 9.17) is 0 Å². The Morgan fingerprint density at radius 2 is 1.69 bits per heavy atom. The lowest BCUT2D eigenvalue weighted by molar-refractivity contribution is -0.394. The Morgan fingerprint density at radius 1 is 1.00 bits per heavy atom. The minimum atomic E-state index is -0.751. The van der Waals surface area contributed by atoms with Crippen molar-refractivity contribution < 1.29 is 19.7 Å². The molecule has 4 saturated carbocycles. The molecule has 4 fully saturated rings. The molecular weight excluding hydrogens is 464 g/mol. The van der Waals surface area contributed by atoms with E-state index in [0.29, 0.717) is 23.7 Å². The third-order valence-electron chi connectivity index (χ3n) is 10.3. The minimum absolute atomic E-state index is 0.111. The first-order valence-corrected chi connectivity index (χ1v) is 13.0. The van der Waals surface area contributed by atoms with Crippen molar-refractivity contribution in [1.29, 1.82) is 0 Å². The van der Waals surface area contributed by atoms with Crippen LogP contribution in [-0.2, 0) is 0 Å². The molecule has 4 aliphatic carbocycles. The van der Waals surface area contributed by atoms with Crippen molar-refractivity contribution in [1.82, 2.24) is 5.43 Å². The van der Waals surface area contributed by atoms with E-state index in [2.05, 4.69) is 24.4 Å². The highest BCUT2D eigenvalue weighted by molar-refractivity contribution is 5.98. The second-order valence-corrected chi connectivity index (χ2v) is 11.8. The van der Waals surface area contributed by atoms with Crippen LogP contribution in [0.4, 0.5) is 11.4 Å². The van der Waals surface area contributed by atoms with Gasteiger partial charge in [-0.05, 0) is 86.9 Å². The van der Waals surface area contributed by atoms with Gasteiger partial charge in [0, 0.05) is 23.3 Å². The highest BCUT2D eigenvalue weighted by atomic mass is 16.6. The summed E-state index contributed by atoms with van der Waals surface area (Å²) in [6.07, 6.45) is 9.03. The Bertz CT molecular complexity index is 1110. The number of hydrogen-bond acceptors (Lipinski definition) is 7. The highest BCUT2D eigenvalue weighted by Gasteiger charge is 2.59. The van der Waals surface area contributed by atoms with Gasteiger partial charge in [0.2, 0.25) is 0 Å². The quantitative estimate of drug-likeness (QED) is 0.441.